The summed E-state index contributed by atoms with van der Waals surface area (Å²) in [4.78, 5) is 58.9. The molecule has 0 saturated carbocycles. The van der Waals surface area contributed by atoms with Gasteiger partial charge < -0.3 is 0 Å². The maximum atomic E-state index is 15.5. The van der Waals surface area contributed by atoms with Crippen molar-refractivity contribution in [1.29, 1.82) is 0 Å². The Morgan fingerprint density at radius 3 is 1.09 bits per heavy atom. The number of aryl methyl sites for hydroxylation is 2. The molecule has 296 valence electrons. The van der Waals surface area contributed by atoms with Gasteiger partial charge >= 0.3 is 12.4 Å². The van der Waals surface area contributed by atoms with Crippen molar-refractivity contribution in [1.82, 2.24) is 9.80 Å². The lowest BCUT2D eigenvalue weighted by molar-refractivity contribution is -0.138. The second-order valence-corrected chi connectivity index (χ2v) is 15.7. The standard InChI is InChI=1S/C44H44F6N2O4/c1-7-11-13-23(9-3)19-51-39(53)25-15-21(5)31-32-22(6)16-26-34-28(42(56)52(40(26)54)20-24(10-4)14-12-8-2)18-30(44(48,49)50)36(38(32)34)35-29(43(45,46)47)17-27(41(51)55)33(25)37(31)35/h15-18,23-24H,7-14,19-20H2,1-6H3. The first-order chi connectivity index (χ1) is 26.4. The van der Waals surface area contributed by atoms with Crippen molar-refractivity contribution < 1.29 is 45.5 Å². The quantitative estimate of drug-likeness (QED) is 0.0547. The van der Waals surface area contributed by atoms with Crippen LogP contribution < -0.4 is 0 Å². The number of hydrogen-bond donors (Lipinski definition) is 0. The smallest absolute Gasteiger partial charge is 0.274 e. The number of rotatable bonds is 12. The molecule has 5 aromatic carbocycles. The minimum Gasteiger partial charge on any atom is -0.274 e. The first-order valence-electron chi connectivity index (χ1n) is 19.6. The molecule has 0 spiro atoms. The van der Waals surface area contributed by atoms with Crippen LogP contribution in [0.1, 0.15) is 143 Å². The predicted molar refractivity (Wildman–Crippen MR) is 204 cm³/mol. The predicted octanol–water partition coefficient (Wildman–Crippen LogP) is 12.0. The van der Waals surface area contributed by atoms with Gasteiger partial charge in [0, 0.05) is 56.9 Å². The third-order valence-electron chi connectivity index (χ3n) is 12.2. The second-order valence-electron chi connectivity index (χ2n) is 15.7. The summed E-state index contributed by atoms with van der Waals surface area (Å²) in [7, 11) is 0. The van der Waals surface area contributed by atoms with Gasteiger partial charge in [-0.15, -0.1) is 0 Å². The molecule has 0 aliphatic carbocycles. The summed E-state index contributed by atoms with van der Waals surface area (Å²) in [6, 6.07) is 4.16. The number of amides is 4. The molecule has 0 fully saturated rings. The number of carbonyl (C=O) groups excluding carboxylic acids is 4. The number of benzene rings is 5. The van der Waals surface area contributed by atoms with Gasteiger partial charge in [-0.1, -0.05) is 66.2 Å². The Morgan fingerprint density at radius 2 is 0.804 bits per heavy atom. The van der Waals surface area contributed by atoms with Crippen LogP contribution in [0.15, 0.2) is 24.3 Å². The Morgan fingerprint density at radius 1 is 0.482 bits per heavy atom. The number of nitrogens with zero attached hydrogens (tertiary/aromatic N) is 2. The van der Waals surface area contributed by atoms with E-state index >= 15 is 26.3 Å². The molecule has 0 radical (unpaired) electrons. The largest absolute Gasteiger partial charge is 0.417 e. The minimum absolute atomic E-state index is 0.0132. The zero-order valence-corrected chi connectivity index (χ0v) is 32.3. The van der Waals surface area contributed by atoms with Crippen molar-refractivity contribution in [3.63, 3.8) is 0 Å². The summed E-state index contributed by atoms with van der Waals surface area (Å²) >= 11 is 0. The second kappa shape index (κ2) is 14.0. The Labute approximate surface area is 320 Å². The molecule has 4 amide bonds. The average Bonchev–Trinajstić information content (AvgIpc) is 3.14. The van der Waals surface area contributed by atoms with Gasteiger partial charge in [0.05, 0.1) is 11.1 Å². The van der Waals surface area contributed by atoms with E-state index in [1.165, 1.54) is 12.1 Å². The molecule has 7 rings (SSSR count). The van der Waals surface area contributed by atoms with Crippen LogP contribution in [0.4, 0.5) is 26.3 Å². The van der Waals surface area contributed by atoms with Gasteiger partial charge in [0.1, 0.15) is 0 Å². The number of imide groups is 2. The topological polar surface area (TPSA) is 74.8 Å². The molecular formula is C44H44F6N2O4. The van der Waals surface area contributed by atoms with Crippen LogP contribution in [0.3, 0.4) is 0 Å². The van der Waals surface area contributed by atoms with E-state index in [9.17, 15) is 19.2 Å². The van der Waals surface area contributed by atoms with E-state index < -0.39 is 69.0 Å². The molecule has 6 nitrogen and oxygen atoms in total. The minimum atomic E-state index is -5.26. The molecule has 0 bridgehead atoms. The van der Waals surface area contributed by atoms with Crippen LogP contribution in [0.25, 0.3) is 43.1 Å². The highest BCUT2D eigenvalue weighted by Crippen LogP contribution is 2.54. The molecule has 56 heavy (non-hydrogen) atoms. The van der Waals surface area contributed by atoms with E-state index in [0.717, 1.165) is 35.5 Å². The number of fused-ring (bicyclic) bond motifs is 2. The zero-order valence-electron chi connectivity index (χ0n) is 32.3. The van der Waals surface area contributed by atoms with E-state index in [2.05, 4.69) is 0 Å². The van der Waals surface area contributed by atoms with Gasteiger partial charge in [-0.25, -0.2) is 0 Å². The highest BCUT2D eigenvalue weighted by Gasteiger charge is 2.46. The molecule has 12 heteroatoms. The molecule has 0 saturated heterocycles. The SMILES string of the molecule is CCCCC(CC)CN1C(=O)c2cc(C)c3c4c(C)cc5c6c(cc(C(F)(F)F)c(c7c(C(F)(F)F)cc(c2c37)C1=O)c64)C(=O)N(CC(CC)CCCC)C5=O. The van der Waals surface area contributed by atoms with Crippen molar-refractivity contribution in [3.05, 3.63) is 68.8 Å². The molecular weight excluding hydrogens is 734 g/mol. The van der Waals surface area contributed by atoms with Crippen LogP contribution in [-0.2, 0) is 12.4 Å². The number of unbranched alkanes of at least 4 members (excludes halogenated alkanes) is 2. The van der Waals surface area contributed by atoms with E-state index in [4.69, 9.17) is 0 Å². The first-order valence-corrected chi connectivity index (χ1v) is 19.6. The lowest BCUT2D eigenvalue weighted by Crippen LogP contribution is -2.43. The molecule has 5 aromatic rings. The van der Waals surface area contributed by atoms with Crippen LogP contribution in [0.2, 0.25) is 0 Å². The maximum absolute atomic E-state index is 15.5. The summed E-state index contributed by atoms with van der Waals surface area (Å²) in [6.07, 6.45) is -4.49. The lowest BCUT2D eigenvalue weighted by Gasteiger charge is -2.34. The van der Waals surface area contributed by atoms with Gasteiger partial charge in [0.2, 0.25) is 0 Å². The van der Waals surface area contributed by atoms with Crippen molar-refractivity contribution in [3.8, 4) is 0 Å². The molecule has 2 heterocycles. The van der Waals surface area contributed by atoms with E-state index in [-0.39, 0.29) is 68.4 Å². The highest BCUT2D eigenvalue weighted by atomic mass is 19.4. The zero-order chi connectivity index (χ0) is 40.8. The van der Waals surface area contributed by atoms with E-state index in [1.54, 1.807) is 13.8 Å². The van der Waals surface area contributed by atoms with Gasteiger partial charge in [0.15, 0.2) is 0 Å². The summed E-state index contributed by atoms with van der Waals surface area (Å²) in [5, 5.41) is -2.21. The molecule has 2 aliphatic rings. The van der Waals surface area contributed by atoms with Crippen LogP contribution >= 0.6 is 0 Å². The third-order valence-corrected chi connectivity index (χ3v) is 12.2. The van der Waals surface area contributed by atoms with Gasteiger partial charge in [-0.3, -0.25) is 29.0 Å². The fraction of sp³-hybridized carbons (Fsp3) is 0.455. The fourth-order valence-electron chi connectivity index (χ4n) is 9.28. The fourth-order valence-corrected chi connectivity index (χ4v) is 9.28. The molecule has 2 unspecified atom stereocenters. The number of alkyl halides is 6. The summed E-state index contributed by atoms with van der Waals surface area (Å²) in [5.74, 6) is -3.52. The van der Waals surface area contributed by atoms with E-state index in [0.29, 0.717) is 48.9 Å². The van der Waals surface area contributed by atoms with Crippen molar-refractivity contribution in [2.24, 2.45) is 11.8 Å². The van der Waals surface area contributed by atoms with Crippen molar-refractivity contribution in [2.45, 2.75) is 105 Å². The highest BCUT2D eigenvalue weighted by molar-refractivity contribution is 6.43. The normalized spacial score (nSPS) is 16.1. The van der Waals surface area contributed by atoms with E-state index in [1.807, 2.05) is 27.7 Å². The van der Waals surface area contributed by atoms with Crippen LogP contribution in [0.5, 0.6) is 0 Å². The Kier molecular flexibility index (Phi) is 9.89. The Balaban J connectivity index is 1.63. The Hall–Kier alpha value is -4.74. The Bertz CT molecular complexity index is 2310. The van der Waals surface area contributed by atoms with Crippen LogP contribution in [0, 0.1) is 25.7 Å². The average molecular weight is 779 g/mol. The van der Waals surface area contributed by atoms with Gasteiger partial charge in [-0.2, -0.15) is 26.3 Å². The monoisotopic (exact) mass is 778 g/mol. The summed E-state index contributed by atoms with van der Waals surface area (Å²) in [5.41, 5.74) is -3.27. The number of halogens is 6. The van der Waals surface area contributed by atoms with Gasteiger partial charge in [0.25, 0.3) is 23.6 Å². The molecule has 2 atom stereocenters. The van der Waals surface area contributed by atoms with Gasteiger partial charge in [-0.05, 0) is 95.5 Å². The summed E-state index contributed by atoms with van der Waals surface area (Å²) in [6.45, 7) is 10.9. The lowest BCUT2D eigenvalue weighted by atomic mass is 9.76. The third kappa shape index (κ3) is 5.92. The number of carbonyl (C=O) groups is 4. The van der Waals surface area contributed by atoms with Crippen molar-refractivity contribution >= 4 is 66.7 Å². The first kappa shape index (κ1) is 39.5. The molecule has 0 aromatic heterocycles. The van der Waals surface area contributed by atoms with Crippen molar-refractivity contribution in [2.75, 3.05) is 13.1 Å². The van der Waals surface area contributed by atoms with Crippen LogP contribution in [-0.4, -0.2) is 46.5 Å². The number of hydrogen-bond acceptors (Lipinski definition) is 4. The molecule has 0 N–H and O–H groups in total. The maximum Gasteiger partial charge on any atom is 0.417 e. The molecule has 2 aliphatic heterocycles. The summed E-state index contributed by atoms with van der Waals surface area (Å²) < 4.78 is 93.0.